The van der Waals surface area contributed by atoms with Crippen molar-refractivity contribution in [2.45, 2.75) is 18.6 Å². The molecule has 0 heterocycles. The lowest BCUT2D eigenvalue weighted by molar-refractivity contribution is 0.583. The summed E-state index contributed by atoms with van der Waals surface area (Å²) < 4.78 is 50.8. The molecule has 0 aliphatic carbocycles. The Morgan fingerprint density at radius 3 is 2.29 bits per heavy atom. The fourth-order valence-electron chi connectivity index (χ4n) is 1.23. The summed E-state index contributed by atoms with van der Waals surface area (Å²) in [7, 11) is -3.95. The van der Waals surface area contributed by atoms with Crippen LogP contribution in [0.4, 0.5) is 14.5 Å². The Kier molecular flexibility index (Phi) is 4.02. The number of hydrogen-bond acceptors (Lipinski definition) is 3. The summed E-state index contributed by atoms with van der Waals surface area (Å²) in [6.45, 7) is 1.53. The minimum Gasteiger partial charge on any atom is -0.282 e. The lowest BCUT2D eigenvalue weighted by Gasteiger charge is -2.11. The first-order valence-electron chi connectivity index (χ1n) is 4.76. The minimum absolute atomic E-state index is 0.0869. The lowest BCUT2D eigenvalue weighted by atomic mass is 10.3. The van der Waals surface area contributed by atoms with Gasteiger partial charge < -0.3 is 0 Å². The average molecular weight is 260 g/mol. The van der Waals surface area contributed by atoms with Crippen LogP contribution in [0.25, 0.3) is 0 Å². The molecule has 1 N–H and O–H groups in total. The minimum atomic E-state index is -3.95. The molecule has 0 aliphatic heterocycles. The highest BCUT2D eigenvalue weighted by Gasteiger charge is 2.23. The van der Waals surface area contributed by atoms with Crippen molar-refractivity contribution in [3.63, 3.8) is 0 Å². The maximum absolute atomic E-state index is 12.8. The Bertz CT molecular complexity index is 532. The molecule has 7 heteroatoms. The smallest absolute Gasteiger partial charge is 0.249 e. The van der Waals surface area contributed by atoms with E-state index < -0.39 is 26.9 Å². The molecular formula is C10H10F2N2O2S. The standard InChI is InChI=1S/C10H10F2N2O2S/c1-2-10(6-13)17(15,16)14-9-4-7(11)3-8(12)5-9/h3-5,10,14H,2H2,1H3. The number of benzene rings is 1. The lowest BCUT2D eigenvalue weighted by Crippen LogP contribution is -2.26. The maximum atomic E-state index is 12.8. The molecule has 0 aliphatic rings. The van der Waals surface area contributed by atoms with Gasteiger partial charge in [-0.25, -0.2) is 17.2 Å². The molecule has 1 unspecified atom stereocenters. The van der Waals surface area contributed by atoms with E-state index >= 15 is 0 Å². The first kappa shape index (κ1) is 13.4. The van der Waals surface area contributed by atoms with Gasteiger partial charge in [0.05, 0.1) is 11.8 Å². The Morgan fingerprint density at radius 2 is 1.88 bits per heavy atom. The quantitative estimate of drug-likeness (QED) is 0.900. The Balaban J connectivity index is 3.02. The van der Waals surface area contributed by atoms with Crippen LogP contribution in [0, 0.1) is 23.0 Å². The van der Waals surface area contributed by atoms with Crippen LogP contribution in [0.5, 0.6) is 0 Å². The topological polar surface area (TPSA) is 70.0 Å². The number of anilines is 1. The SMILES string of the molecule is CCC(C#N)S(=O)(=O)Nc1cc(F)cc(F)c1. The summed E-state index contributed by atoms with van der Waals surface area (Å²) in [5.74, 6) is -1.79. The van der Waals surface area contributed by atoms with Gasteiger partial charge in [0.15, 0.2) is 5.25 Å². The van der Waals surface area contributed by atoms with Crippen molar-refractivity contribution in [3.05, 3.63) is 29.8 Å². The number of nitriles is 1. The summed E-state index contributed by atoms with van der Waals surface area (Å²) in [5, 5.41) is 7.38. The highest BCUT2D eigenvalue weighted by atomic mass is 32.2. The largest absolute Gasteiger partial charge is 0.282 e. The second-order valence-corrected chi connectivity index (χ2v) is 5.19. The first-order chi connectivity index (χ1) is 7.89. The van der Waals surface area contributed by atoms with Crippen molar-refractivity contribution in [1.29, 1.82) is 5.26 Å². The van der Waals surface area contributed by atoms with Gasteiger partial charge in [-0.1, -0.05) is 6.92 Å². The van der Waals surface area contributed by atoms with Crippen molar-refractivity contribution in [2.75, 3.05) is 4.72 Å². The van der Waals surface area contributed by atoms with E-state index in [2.05, 4.69) is 0 Å². The Hall–Kier alpha value is -1.68. The predicted octanol–water partition coefficient (Wildman–Crippen LogP) is 2.01. The van der Waals surface area contributed by atoms with Crippen LogP contribution in [-0.4, -0.2) is 13.7 Å². The van der Waals surface area contributed by atoms with Crippen LogP contribution >= 0.6 is 0 Å². The van der Waals surface area contributed by atoms with Gasteiger partial charge >= 0.3 is 0 Å². The molecule has 17 heavy (non-hydrogen) atoms. The fraction of sp³-hybridized carbons (Fsp3) is 0.300. The molecule has 0 amide bonds. The molecule has 0 spiro atoms. The highest BCUT2D eigenvalue weighted by molar-refractivity contribution is 7.93. The molecule has 0 bridgehead atoms. The third kappa shape index (κ3) is 3.39. The van der Waals surface area contributed by atoms with Crippen molar-refractivity contribution >= 4 is 15.7 Å². The van der Waals surface area contributed by atoms with Crippen LogP contribution in [0.1, 0.15) is 13.3 Å². The summed E-state index contributed by atoms with van der Waals surface area (Å²) in [6, 6.07) is 3.90. The van der Waals surface area contributed by atoms with Gasteiger partial charge in [0, 0.05) is 6.07 Å². The van der Waals surface area contributed by atoms with E-state index in [1.165, 1.54) is 6.92 Å². The molecule has 0 saturated heterocycles. The Labute approximate surface area is 97.9 Å². The number of nitrogens with one attached hydrogen (secondary N) is 1. The van der Waals surface area contributed by atoms with Crippen LogP contribution in [0.2, 0.25) is 0 Å². The van der Waals surface area contributed by atoms with Gasteiger partial charge in [-0.2, -0.15) is 5.26 Å². The zero-order chi connectivity index (χ0) is 13.1. The zero-order valence-corrected chi connectivity index (χ0v) is 9.76. The van der Waals surface area contributed by atoms with E-state index in [1.54, 1.807) is 6.07 Å². The molecule has 0 fully saturated rings. The third-order valence-electron chi connectivity index (χ3n) is 2.01. The van der Waals surface area contributed by atoms with Crippen molar-refractivity contribution in [1.82, 2.24) is 0 Å². The predicted molar refractivity (Wildman–Crippen MR) is 58.6 cm³/mol. The summed E-state index contributed by atoms with van der Waals surface area (Å²) >= 11 is 0. The zero-order valence-electron chi connectivity index (χ0n) is 8.94. The van der Waals surface area contributed by atoms with Crippen LogP contribution < -0.4 is 4.72 Å². The number of sulfonamides is 1. The van der Waals surface area contributed by atoms with E-state index in [0.29, 0.717) is 6.07 Å². The van der Waals surface area contributed by atoms with E-state index in [9.17, 15) is 17.2 Å². The van der Waals surface area contributed by atoms with Crippen LogP contribution in [0.3, 0.4) is 0 Å². The van der Waals surface area contributed by atoms with Crippen LogP contribution in [0.15, 0.2) is 18.2 Å². The molecule has 92 valence electrons. The Morgan fingerprint density at radius 1 is 1.35 bits per heavy atom. The highest BCUT2D eigenvalue weighted by Crippen LogP contribution is 2.16. The van der Waals surface area contributed by atoms with Gasteiger partial charge in [0.1, 0.15) is 11.6 Å². The molecule has 4 nitrogen and oxygen atoms in total. The van der Waals surface area contributed by atoms with E-state index in [4.69, 9.17) is 5.26 Å². The summed E-state index contributed by atoms with van der Waals surface area (Å²) in [6.07, 6.45) is 0.0869. The molecule has 1 aromatic rings. The number of nitrogens with zero attached hydrogens (tertiary/aromatic N) is 1. The number of hydrogen-bond donors (Lipinski definition) is 1. The van der Waals surface area contributed by atoms with Gasteiger partial charge in [0.2, 0.25) is 10.0 Å². The number of rotatable bonds is 4. The van der Waals surface area contributed by atoms with Gasteiger partial charge in [-0.05, 0) is 18.6 Å². The molecular weight excluding hydrogens is 250 g/mol. The van der Waals surface area contributed by atoms with Crippen molar-refractivity contribution in [2.24, 2.45) is 0 Å². The average Bonchev–Trinajstić information content (AvgIpc) is 2.15. The maximum Gasteiger partial charge on any atom is 0.249 e. The molecule has 1 atom stereocenters. The monoisotopic (exact) mass is 260 g/mol. The van der Waals surface area contributed by atoms with Crippen molar-refractivity contribution < 1.29 is 17.2 Å². The fourth-order valence-corrected chi connectivity index (χ4v) is 2.39. The van der Waals surface area contributed by atoms with E-state index in [0.717, 1.165) is 12.1 Å². The van der Waals surface area contributed by atoms with Crippen molar-refractivity contribution in [3.8, 4) is 6.07 Å². The van der Waals surface area contributed by atoms with Crippen LogP contribution in [-0.2, 0) is 10.0 Å². The van der Waals surface area contributed by atoms with E-state index in [1.807, 2.05) is 4.72 Å². The first-order valence-corrected chi connectivity index (χ1v) is 6.31. The molecule has 1 rings (SSSR count). The van der Waals surface area contributed by atoms with Gasteiger partial charge in [-0.15, -0.1) is 0 Å². The van der Waals surface area contributed by atoms with Gasteiger partial charge in [0.25, 0.3) is 0 Å². The molecule has 0 saturated carbocycles. The normalized spacial score (nSPS) is 12.8. The second kappa shape index (κ2) is 5.10. The summed E-state index contributed by atoms with van der Waals surface area (Å²) in [4.78, 5) is 0. The second-order valence-electron chi connectivity index (χ2n) is 3.33. The third-order valence-corrected chi connectivity index (χ3v) is 3.72. The molecule has 0 aromatic heterocycles. The number of halogens is 2. The summed E-state index contributed by atoms with van der Waals surface area (Å²) in [5.41, 5.74) is -0.240. The van der Waals surface area contributed by atoms with Gasteiger partial charge in [-0.3, -0.25) is 4.72 Å². The molecule has 0 radical (unpaired) electrons. The van der Waals surface area contributed by atoms with E-state index in [-0.39, 0.29) is 12.1 Å². The molecule has 1 aromatic carbocycles.